The number of ether oxygens (including phenoxy) is 1. The normalized spacial score (nSPS) is 12.3. The number of alkyl carbamates (subject to hydrolysis) is 1. The highest BCUT2D eigenvalue weighted by molar-refractivity contribution is 5.79. The van der Waals surface area contributed by atoms with Crippen LogP contribution in [-0.4, -0.2) is 19.2 Å². The Hall–Kier alpha value is -3.84. The lowest BCUT2D eigenvalue weighted by Gasteiger charge is -2.14. The third-order valence-electron chi connectivity index (χ3n) is 5.33. The fourth-order valence-electron chi connectivity index (χ4n) is 3.90. The second kappa shape index (κ2) is 8.67. The van der Waals surface area contributed by atoms with Crippen LogP contribution in [0.3, 0.4) is 0 Å². The Balaban J connectivity index is 1.35. The van der Waals surface area contributed by atoms with Gasteiger partial charge in [-0.25, -0.2) is 4.79 Å². The summed E-state index contributed by atoms with van der Waals surface area (Å²) in [6.45, 7) is 2.60. The van der Waals surface area contributed by atoms with E-state index in [1.807, 2.05) is 55.5 Å². The standard InChI is InChI=1S/C26H22N2O2/c1-18-12-13-20(16-27)19(15-18)7-6-14-28-26(29)30-17-25-23-10-4-2-8-21(23)22-9-3-5-11-24(22)25/h2-13,15,25H,14,17H2,1H3,(H,28,29). The summed E-state index contributed by atoms with van der Waals surface area (Å²) in [4.78, 5) is 12.2. The molecule has 4 nitrogen and oxygen atoms in total. The average Bonchev–Trinajstić information content (AvgIpc) is 3.09. The average molecular weight is 394 g/mol. The molecule has 0 saturated heterocycles. The van der Waals surface area contributed by atoms with E-state index in [0.717, 1.165) is 11.1 Å². The van der Waals surface area contributed by atoms with Gasteiger partial charge in [-0.1, -0.05) is 78.4 Å². The third-order valence-corrected chi connectivity index (χ3v) is 5.33. The minimum atomic E-state index is -0.453. The highest BCUT2D eigenvalue weighted by Gasteiger charge is 2.28. The molecule has 3 aromatic rings. The van der Waals surface area contributed by atoms with Crippen molar-refractivity contribution in [3.8, 4) is 17.2 Å². The van der Waals surface area contributed by atoms with Gasteiger partial charge in [0.25, 0.3) is 0 Å². The Morgan fingerprint density at radius 2 is 1.73 bits per heavy atom. The number of fused-ring (bicyclic) bond motifs is 3. The van der Waals surface area contributed by atoms with Gasteiger partial charge in [0.05, 0.1) is 11.6 Å². The summed E-state index contributed by atoms with van der Waals surface area (Å²) < 4.78 is 5.52. The molecule has 1 N–H and O–H groups in total. The van der Waals surface area contributed by atoms with Gasteiger partial charge in [-0.15, -0.1) is 0 Å². The molecule has 0 atom stereocenters. The van der Waals surface area contributed by atoms with Crippen LogP contribution in [0.2, 0.25) is 0 Å². The predicted molar refractivity (Wildman–Crippen MR) is 118 cm³/mol. The summed E-state index contributed by atoms with van der Waals surface area (Å²) in [5, 5.41) is 11.9. The van der Waals surface area contributed by atoms with Crippen molar-refractivity contribution in [2.24, 2.45) is 0 Å². The summed E-state index contributed by atoms with van der Waals surface area (Å²) in [7, 11) is 0. The van der Waals surface area contributed by atoms with E-state index in [0.29, 0.717) is 18.7 Å². The first kappa shape index (κ1) is 19.5. The van der Waals surface area contributed by atoms with E-state index in [9.17, 15) is 10.1 Å². The molecule has 0 aromatic heterocycles. The van der Waals surface area contributed by atoms with E-state index in [1.54, 1.807) is 6.07 Å². The van der Waals surface area contributed by atoms with Crippen LogP contribution in [0.1, 0.15) is 33.7 Å². The van der Waals surface area contributed by atoms with Gasteiger partial charge >= 0.3 is 6.09 Å². The second-order valence-electron chi connectivity index (χ2n) is 7.31. The van der Waals surface area contributed by atoms with Gasteiger partial charge in [0.15, 0.2) is 0 Å². The number of carbonyl (C=O) groups excluding carboxylic acids is 1. The van der Waals surface area contributed by atoms with Crippen LogP contribution in [0.15, 0.2) is 72.8 Å². The van der Waals surface area contributed by atoms with Crippen LogP contribution in [-0.2, 0) is 4.74 Å². The van der Waals surface area contributed by atoms with E-state index in [1.165, 1.54) is 22.3 Å². The van der Waals surface area contributed by atoms with Crippen LogP contribution < -0.4 is 5.32 Å². The number of nitriles is 1. The fourth-order valence-corrected chi connectivity index (χ4v) is 3.90. The smallest absolute Gasteiger partial charge is 0.407 e. The molecular formula is C26H22N2O2. The number of nitrogens with zero attached hydrogens (tertiary/aromatic N) is 1. The van der Waals surface area contributed by atoms with E-state index < -0.39 is 6.09 Å². The molecule has 0 unspecified atom stereocenters. The molecule has 3 aromatic carbocycles. The van der Waals surface area contributed by atoms with Gasteiger partial charge < -0.3 is 10.1 Å². The first-order valence-electron chi connectivity index (χ1n) is 9.93. The zero-order chi connectivity index (χ0) is 20.9. The highest BCUT2D eigenvalue weighted by Crippen LogP contribution is 2.44. The number of carbonyl (C=O) groups is 1. The van der Waals surface area contributed by atoms with E-state index in [-0.39, 0.29) is 5.92 Å². The van der Waals surface area contributed by atoms with Crippen molar-refractivity contribution in [3.63, 3.8) is 0 Å². The Bertz CT molecular complexity index is 1110. The van der Waals surface area contributed by atoms with Crippen LogP contribution in [0.4, 0.5) is 4.79 Å². The molecule has 30 heavy (non-hydrogen) atoms. The SMILES string of the molecule is Cc1ccc(C#N)c(C=CCNC(=O)OCC2c3ccccc3-c3ccccc32)c1. The highest BCUT2D eigenvalue weighted by atomic mass is 16.5. The first-order valence-corrected chi connectivity index (χ1v) is 9.93. The number of benzene rings is 3. The van der Waals surface area contributed by atoms with Crippen molar-refractivity contribution in [2.75, 3.05) is 13.2 Å². The maximum atomic E-state index is 12.2. The minimum Gasteiger partial charge on any atom is -0.449 e. The van der Waals surface area contributed by atoms with Crippen molar-refractivity contribution in [3.05, 3.63) is 101 Å². The summed E-state index contributed by atoms with van der Waals surface area (Å²) in [6.07, 6.45) is 3.21. The van der Waals surface area contributed by atoms with E-state index >= 15 is 0 Å². The molecule has 0 spiro atoms. The maximum Gasteiger partial charge on any atom is 0.407 e. The molecule has 0 bridgehead atoms. The lowest BCUT2D eigenvalue weighted by molar-refractivity contribution is 0.144. The van der Waals surface area contributed by atoms with Crippen molar-refractivity contribution >= 4 is 12.2 Å². The monoisotopic (exact) mass is 394 g/mol. The molecule has 4 rings (SSSR count). The Kier molecular flexibility index (Phi) is 5.63. The molecule has 0 radical (unpaired) electrons. The van der Waals surface area contributed by atoms with Crippen LogP contribution in [0.25, 0.3) is 17.2 Å². The summed E-state index contributed by atoms with van der Waals surface area (Å²) in [5.74, 6) is 0.0455. The van der Waals surface area contributed by atoms with Gasteiger partial charge in [0, 0.05) is 12.5 Å². The lowest BCUT2D eigenvalue weighted by Crippen LogP contribution is -2.26. The van der Waals surface area contributed by atoms with Gasteiger partial charge in [-0.2, -0.15) is 5.26 Å². The Morgan fingerprint density at radius 1 is 1.07 bits per heavy atom. The molecule has 0 fully saturated rings. The molecule has 1 aliphatic rings. The first-order chi connectivity index (χ1) is 14.7. The van der Waals surface area contributed by atoms with Crippen molar-refractivity contribution in [2.45, 2.75) is 12.8 Å². The molecule has 0 aliphatic heterocycles. The second-order valence-corrected chi connectivity index (χ2v) is 7.31. The van der Waals surface area contributed by atoms with Gasteiger partial charge in [-0.3, -0.25) is 0 Å². The summed E-state index contributed by atoms with van der Waals surface area (Å²) in [6, 6.07) is 24.3. The summed E-state index contributed by atoms with van der Waals surface area (Å²) in [5.41, 5.74) is 7.32. The number of hydrogen-bond donors (Lipinski definition) is 1. The molecule has 1 aliphatic carbocycles. The number of aryl methyl sites for hydroxylation is 1. The van der Waals surface area contributed by atoms with E-state index in [4.69, 9.17) is 4.74 Å². The van der Waals surface area contributed by atoms with E-state index in [2.05, 4.69) is 35.7 Å². The number of hydrogen-bond acceptors (Lipinski definition) is 3. The molecule has 4 heteroatoms. The molecule has 148 valence electrons. The number of rotatable bonds is 5. The van der Waals surface area contributed by atoms with Crippen LogP contribution in [0, 0.1) is 18.3 Å². The lowest BCUT2D eigenvalue weighted by atomic mass is 9.98. The van der Waals surface area contributed by atoms with Crippen molar-refractivity contribution in [1.82, 2.24) is 5.32 Å². The Morgan fingerprint density at radius 3 is 2.40 bits per heavy atom. The largest absolute Gasteiger partial charge is 0.449 e. The summed E-state index contributed by atoms with van der Waals surface area (Å²) >= 11 is 0. The maximum absolute atomic E-state index is 12.2. The molecule has 0 saturated carbocycles. The van der Waals surface area contributed by atoms with Gasteiger partial charge in [0.2, 0.25) is 0 Å². The molecule has 1 amide bonds. The topological polar surface area (TPSA) is 62.1 Å². The van der Waals surface area contributed by atoms with Gasteiger partial charge in [-0.05, 0) is 40.8 Å². The number of amides is 1. The Labute approximate surface area is 176 Å². The predicted octanol–water partition coefficient (Wildman–Crippen LogP) is 5.42. The molecule has 0 heterocycles. The van der Waals surface area contributed by atoms with Crippen molar-refractivity contribution < 1.29 is 9.53 Å². The van der Waals surface area contributed by atoms with Crippen LogP contribution in [0.5, 0.6) is 0 Å². The fraction of sp³-hybridized carbons (Fsp3) is 0.154. The quantitative estimate of drug-likeness (QED) is 0.629. The zero-order valence-electron chi connectivity index (χ0n) is 16.8. The van der Waals surface area contributed by atoms with Gasteiger partial charge in [0.1, 0.15) is 6.61 Å². The van der Waals surface area contributed by atoms with Crippen LogP contribution >= 0.6 is 0 Å². The minimum absolute atomic E-state index is 0.0455. The number of nitrogens with one attached hydrogen (secondary N) is 1. The molecular weight excluding hydrogens is 372 g/mol. The van der Waals surface area contributed by atoms with Crippen molar-refractivity contribution in [1.29, 1.82) is 5.26 Å². The third kappa shape index (κ3) is 3.97. The zero-order valence-corrected chi connectivity index (χ0v) is 16.8.